The molecule has 5 nitrogen and oxygen atoms in total. The maximum atomic E-state index is 4.49. The summed E-state index contributed by atoms with van der Waals surface area (Å²) in [5.74, 6) is 1.65. The van der Waals surface area contributed by atoms with Gasteiger partial charge in [0.1, 0.15) is 11.5 Å². The number of aromatic nitrogens is 2. The van der Waals surface area contributed by atoms with Crippen molar-refractivity contribution in [1.82, 2.24) is 15.5 Å². The largest absolute Gasteiger partial charge is 0.298 e. The van der Waals surface area contributed by atoms with Crippen LogP contribution in [-0.2, 0) is 12.8 Å². The second-order valence-electron chi connectivity index (χ2n) is 5.03. The summed E-state index contributed by atoms with van der Waals surface area (Å²) in [7, 11) is 0. The second-order valence-corrected chi connectivity index (χ2v) is 5.03. The molecular formula is C14H15N5. The highest BCUT2D eigenvalue weighted by Crippen LogP contribution is 2.34. The summed E-state index contributed by atoms with van der Waals surface area (Å²) in [5, 5.41) is 1.97. The van der Waals surface area contributed by atoms with E-state index in [1.54, 1.807) is 6.20 Å². The maximum absolute atomic E-state index is 4.49. The number of hydrazine groups is 2. The van der Waals surface area contributed by atoms with Crippen molar-refractivity contribution in [2.75, 3.05) is 10.4 Å². The monoisotopic (exact) mass is 253 g/mol. The van der Waals surface area contributed by atoms with Crippen LogP contribution in [0.5, 0.6) is 0 Å². The first-order valence-electron chi connectivity index (χ1n) is 6.58. The number of nitrogens with one attached hydrogen (secondary N) is 2. The maximum Gasteiger partial charge on any atom is 0.177 e. The third-order valence-corrected chi connectivity index (χ3v) is 3.74. The van der Waals surface area contributed by atoms with E-state index in [2.05, 4.69) is 39.1 Å². The van der Waals surface area contributed by atoms with Gasteiger partial charge in [-0.1, -0.05) is 6.07 Å². The Kier molecular flexibility index (Phi) is 2.22. The van der Waals surface area contributed by atoms with Gasteiger partial charge in [-0.05, 0) is 49.4 Å². The summed E-state index contributed by atoms with van der Waals surface area (Å²) in [6, 6.07) is 6.63. The number of nitrogens with zero attached hydrogens (tertiary/aromatic N) is 3. The van der Waals surface area contributed by atoms with Gasteiger partial charge in [-0.3, -0.25) is 5.43 Å². The summed E-state index contributed by atoms with van der Waals surface area (Å²) in [4.78, 5) is 8.69. The molecule has 1 aliphatic carbocycles. The molecule has 0 saturated heterocycles. The van der Waals surface area contributed by atoms with Crippen molar-refractivity contribution in [2.24, 2.45) is 0 Å². The summed E-state index contributed by atoms with van der Waals surface area (Å²) < 4.78 is 0. The van der Waals surface area contributed by atoms with E-state index in [-0.39, 0.29) is 0 Å². The Morgan fingerprint density at radius 2 is 2.11 bits per heavy atom. The molecule has 1 aromatic heterocycles. The minimum atomic E-state index is 0.774. The fraction of sp³-hybridized carbons (Fsp3) is 0.286. The van der Waals surface area contributed by atoms with E-state index in [0.717, 1.165) is 23.0 Å². The van der Waals surface area contributed by atoms with Crippen molar-refractivity contribution in [3.63, 3.8) is 0 Å². The Morgan fingerprint density at radius 1 is 1.21 bits per heavy atom. The van der Waals surface area contributed by atoms with E-state index in [1.807, 2.05) is 11.9 Å². The molecule has 0 amide bonds. The molecule has 0 bridgehead atoms. The Bertz CT molecular complexity index is 652. The molecule has 4 rings (SSSR count). The normalized spacial score (nSPS) is 16.2. The molecule has 1 aliphatic heterocycles. The molecular weight excluding hydrogens is 238 g/mol. The van der Waals surface area contributed by atoms with E-state index in [4.69, 9.17) is 0 Å². The smallest absolute Gasteiger partial charge is 0.177 e. The zero-order valence-corrected chi connectivity index (χ0v) is 10.8. The fourth-order valence-electron chi connectivity index (χ4n) is 2.77. The van der Waals surface area contributed by atoms with Crippen LogP contribution < -0.4 is 16.0 Å². The predicted octanol–water partition coefficient (Wildman–Crippen LogP) is 2.26. The van der Waals surface area contributed by atoms with Crippen LogP contribution in [0.2, 0.25) is 0 Å². The lowest BCUT2D eigenvalue weighted by molar-refractivity contribution is 0.848. The lowest BCUT2D eigenvalue weighted by Gasteiger charge is -2.18. The zero-order chi connectivity index (χ0) is 12.8. The van der Waals surface area contributed by atoms with Gasteiger partial charge in [-0.15, -0.1) is 5.53 Å². The van der Waals surface area contributed by atoms with Gasteiger partial charge in [0.05, 0.1) is 11.9 Å². The number of fused-ring (bicyclic) bond motifs is 2. The van der Waals surface area contributed by atoms with Crippen LogP contribution >= 0.6 is 0 Å². The van der Waals surface area contributed by atoms with E-state index >= 15 is 0 Å². The molecule has 0 unspecified atom stereocenters. The first kappa shape index (κ1) is 10.8. The summed E-state index contributed by atoms with van der Waals surface area (Å²) in [6.07, 6.45) is 5.46. The Morgan fingerprint density at radius 3 is 3.05 bits per heavy atom. The summed E-state index contributed by atoms with van der Waals surface area (Å²) >= 11 is 0. The lowest BCUT2D eigenvalue weighted by Crippen LogP contribution is -2.31. The van der Waals surface area contributed by atoms with E-state index in [9.17, 15) is 0 Å². The number of benzene rings is 1. The van der Waals surface area contributed by atoms with Crippen LogP contribution in [-0.4, -0.2) is 9.97 Å². The molecule has 2 aliphatic rings. The van der Waals surface area contributed by atoms with Gasteiger partial charge in [-0.25, -0.2) is 15.0 Å². The molecule has 19 heavy (non-hydrogen) atoms. The predicted molar refractivity (Wildman–Crippen MR) is 74.1 cm³/mol. The molecule has 1 aromatic carbocycles. The Hall–Kier alpha value is -2.14. The van der Waals surface area contributed by atoms with Gasteiger partial charge in [0.2, 0.25) is 0 Å². The minimum Gasteiger partial charge on any atom is -0.298 e. The number of aryl methyl sites for hydroxylation is 3. The third kappa shape index (κ3) is 1.66. The average Bonchev–Trinajstić information content (AvgIpc) is 3.03. The van der Waals surface area contributed by atoms with E-state index in [1.165, 1.54) is 30.4 Å². The SMILES string of the molecule is Cc1ncc2c(n1)N(c1ccc3c(c1)CCC3)NN2. The lowest BCUT2D eigenvalue weighted by atomic mass is 10.1. The second kappa shape index (κ2) is 3.93. The molecule has 0 radical (unpaired) electrons. The molecule has 0 atom stereocenters. The number of hydrogen-bond acceptors (Lipinski definition) is 5. The van der Waals surface area contributed by atoms with Gasteiger partial charge in [0.15, 0.2) is 5.82 Å². The molecule has 0 saturated carbocycles. The molecule has 96 valence electrons. The van der Waals surface area contributed by atoms with Crippen molar-refractivity contribution in [3.05, 3.63) is 41.3 Å². The minimum absolute atomic E-state index is 0.774. The first-order valence-corrected chi connectivity index (χ1v) is 6.58. The molecule has 2 heterocycles. The van der Waals surface area contributed by atoms with Gasteiger partial charge < -0.3 is 0 Å². The number of hydrogen-bond donors (Lipinski definition) is 2. The van der Waals surface area contributed by atoms with Crippen molar-refractivity contribution in [3.8, 4) is 0 Å². The van der Waals surface area contributed by atoms with Crippen LogP contribution in [0.1, 0.15) is 23.4 Å². The highest BCUT2D eigenvalue weighted by atomic mass is 15.7. The van der Waals surface area contributed by atoms with Crippen molar-refractivity contribution < 1.29 is 0 Å². The van der Waals surface area contributed by atoms with Crippen molar-refractivity contribution in [2.45, 2.75) is 26.2 Å². The van der Waals surface area contributed by atoms with Gasteiger partial charge in [-0.2, -0.15) is 0 Å². The molecule has 0 fully saturated rings. The van der Waals surface area contributed by atoms with Crippen LogP contribution in [0.3, 0.4) is 0 Å². The van der Waals surface area contributed by atoms with Crippen LogP contribution in [0.25, 0.3) is 0 Å². The fourth-order valence-corrected chi connectivity index (χ4v) is 2.77. The quantitative estimate of drug-likeness (QED) is 0.816. The average molecular weight is 253 g/mol. The van der Waals surface area contributed by atoms with Crippen molar-refractivity contribution in [1.29, 1.82) is 0 Å². The van der Waals surface area contributed by atoms with Gasteiger partial charge >= 0.3 is 0 Å². The van der Waals surface area contributed by atoms with E-state index < -0.39 is 0 Å². The van der Waals surface area contributed by atoms with Crippen molar-refractivity contribution >= 4 is 17.2 Å². The Labute approximate surface area is 111 Å². The molecule has 0 spiro atoms. The first-order chi connectivity index (χ1) is 9.31. The Balaban J connectivity index is 1.77. The molecule has 5 heteroatoms. The highest BCUT2D eigenvalue weighted by Gasteiger charge is 2.23. The summed E-state index contributed by atoms with van der Waals surface area (Å²) in [6.45, 7) is 1.90. The van der Waals surface area contributed by atoms with Gasteiger partial charge in [0.25, 0.3) is 0 Å². The number of anilines is 3. The third-order valence-electron chi connectivity index (χ3n) is 3.74. The van der Waals surface area contributed by atoms with Crippen LogP contribution in [0.15, 0.2) is 24.4 Å². The number of rotatable bonds is 1. The van der Waals surface area contributed by atoms with Gasteiger partial charge in [0, 0.05) is 0 Å². The van der Waals surface area contributed by atoms with E-state index in [0.29, 0.717) is 0 Å². The van der Waals surface area contributed by atoms with Crippen LogP contribution in [0.4, 0.5) is 17.2 Å². The topological polar surface area (TPSA) is 53.1 Å². The summed E-state index contributed by atoms with van der Waals surface area (Å²) in [5.41, 5.74) is 11.2. The molecule has 2 N–H and O–H groups in total. The standard InChI is InChI=1S/C14H15N5/c1-9-15-8-13-14(16-9)19(18-17-13)12-6-5-10-3-2-4-11(10)7-12/h5-8,17-18H,2-4H2,1H3. The zero-order valence-electron chi connectivity index (χ0n) is 10.8. The highest BCUT2D eigenvalue weighted by molar-refractivity contribution is 5.75. The van der Waals surface area contributed by atoms with Crippen LogP contribution in [0, 0.1) is 6.92 Å². The molecule has 2 aromatic rings.